The van der Waals surface area contributed by atoms with E-state index in [4.69, 9.17) is 0 Å². The fraction of sp³-hybridized carbons (Fsp3) is 0.240. The third-order valence-corrected chi connectivity index (χ3v) is 5.67. The molecule has 0 atom stereocenters. The van der Waals surface area contributed by atoms with Gasteiger partial charge >= 0.3 is 12.2 Å². The number of carbonyl (C=O) groups is 2. The maximum Gasteiger partial charge on any atom is 0.416 e. The number of Topliss-reactive ketones (excluding diaryl/α,β-unsaturated/α-hetero) is 1. The highest BCUT2D eigenvalue weighted by Crippen LogP contribution is 2.35. The van der Waals surface area contributed by atoms with E-state index in [9.17, 15) is 22.8 Å². The number of aromatic nitrogens is 1. The van der Waals surface area contributed by atoms with Crippen molar-refractivity contribution in [2.45, 2.75) is 19.5 Å². The van der Waals surface area contributed by atoms with Crippen LogP contribution in [-0.2, 0) is 6.18 Å². The number of alkyl halides is 3. The van der Waals surface area contributed by atoms with Gasteiger partial charge in [0.05, 0.1) is 16.9 Å². The van der Waals surface area contributed by atoms with Crippen LogP contribution < -0.4 is 15.1 Å². The molecule has 4 rings (SSSR count). The zero-order valence-electron chi connectivity index (χ0n) is 18.7. The summed E-state index contributed by atoms with van der Waals surface area (Å²) in [6.45, 7) is 2.54. The first-order valence-corrected chi connectivity index (χ1v) is 10.7. The fourth-order valence-corrected chi connectivity index (χ4v) is 3.82. The fourth-order valence-electron chi connectivity index (χ4n) is 3.82. The lowest BCUT2D eigenvalue weighted by molar-refractivity contribution is -0.137. The standard InChI is InChI=1S/C25H23F3N4O2/c1-16(33)17-7-9-20(10-8-17)29-24(34)32-14-4-13-31(2)22-12-11-21(30-23(22)32)18-5-3-6-19(15-18)25(26,27)28/h3,5-12,15H,4,13-14H2,1-2H3,(H,29,34). The van der Waals surface area contributed by atoms with E-state index >= 15 is 0 Å². The topological polar surface area (TPSA) is 65.5 Å². The molecule has 2 heterocycles. The van der Waals surface area contributed by atoms with Crippen LogP contribution in [0, 0.1) is 0 Å². The number of benzene rings is 2. The molecule has 2 aromatic carbocycles. The van der Waals surface area contributed by atoms with Gasteiger partial charge in [-0.2, -0.15) is 13.2 Å². The van der Waals surface area contributed by atoms with Crippen LogP contribution in [0.1, 0.15) is 29.3 Å². The zero-order chi connectivity index (χ0) is 24.5. The van der Waals surface area contributed by atoms with Crippen LogP contribution in [0.15, 0.2) is 60.7 Å². The minimum atomic E-state index is -4.47. The molecule has 0 aliphatic carbocycles. The van der Waals surface area contributed by atoms with Crippen molar-refractivity contribution in [1.29, 1.82) is 0 Å². The first-order chi connectivity index (χ1) is 16.1. The maximum atomic E-state index is 13.2. The normalized spacial score (nSPS) is 13.8. The van der Waals surface area contributed by atoms with Crippen molar-refractivity contribution in [3.63, 3.8) is 0 Å². The molecule has 9 heteroatoms. The highest BCUT2D eigenvalue weighted by molar-refractivity contribution is 6.03. The van der Waals surface area contributed by atoms with Crippen molar-refractivity contribution in [2.24, 2.45) is 0 Å². The lowest BCUT2D eigenvalue weighted by atomic mass is 10.1. The number of pyridine rings is 1. The number of ketones is 1. The average Bonchev–Trinajstić information content (AvgIpc) is 2.97. The summed E-state index contributed by atoms with van der Waals surface area (Å²) in [6, 6.07) is 14.5. The number of rotatable bonds is 3. The number of urea groups is 1. The predicted molar refractivity (Wildman–Crippen MR) is 125 cm³/mol. The summed E-state index contributed by atoms with van der Waals surface area (Å²) >= 11 is 0. The summed E-state index contributed by atoms with van der Waals surface area (Å²) in [5.74, 6) is 0.293. The van der Waals surface area contributed by atoms with Gasteiger partial charge in [0, 0.05) is 37.0 Å². The minimum absolute atomic E-state index is 0.0753. The predicted octanol–water partition coefficient (Wildman–Crippen LogP) is 5.85. The van der Waals surface area contributed by atoms with Crippen molar-refractivity contribution in [2.75, 3.05) is 35.3 Å². The van der Waals surface area contributed by atoms with E-state index in [2.05, 4.69) is 10.3 Å². The first kappa shape index (κ1) is 23.3. The molecule has 34 heavy (non-hydrogen) atoms. The molecular formula is C25H23F3N4O2. The highest BCUT2D eigenvalue weighted by Gasteiger charge is 2.31. The van der Waals surface area contributed by atoms with Crippen LogP contribution in [0.4, 0.5) is 35.2 Å². The molecule has 0 spiro atoms. The quantitative estimate of drug-likeness (QED) is 0.490. The molecule has 176 valence electrons. The van der Waals surface area contributed by atoms with Crippen LogP contribution in [0.25, 0.3) is 11.3 Å². The van der Waals surface area contributed by atoms with Gasteiger partial charge in [0.25, 0.3) is 0 Å². The Morgan fingerprint density at radius 2 is 1.74 bits per heavy atom. The van der Waals surface area contributed by atoms with Gasteiger partial charge in [-0.05, 0) is 61.9 Å². The van der Waals surface area contributed by atoms with Crippen LogP contribution in [0.3, 0.4) is 0 Å². The number of nitrogens with one attached hydrogen (secondary N) is 1. The van der Waals surface area contributed by atoms with E-state index in [1.54, 1.807) is 42.5 Å². The van der Waals surface area contributed by atoms with E-state index in [0.717, 1.165) is 12.1 Å². The summed E-state index contributed by atoms with van der Waals surface area (Å²) in [5, 5.41) is 2.82. The molecule has 1 aromatic heterocycles. The van der Waals surface area contributed by atoms with Crippen molar-refractivity contribution in [1.82, 2.24) is 4.98 Å². The lowest BCUT2D eigenvalue weighted by Gasteiger charge is -2.24. The smallest absolute Gasteiger partial charge is 0.372 e. The number of carbonyl (C=O) groups excluding carboxylic acids is 2. The average molecular weight is 468 g/mol. The SMILES string of the molecule is CC(=O)c1ccc(NC(=O)N2CCCN(C)c3ccc(-c4cccc(C(F)(F)F)c4)nc32)cc1. The van der Waals surface area contributed by atoms with Gasteiger partial charge < -0.3 is 10.2 Å². The van der Waals surface area contributed by atoms with Gasteiger partial charge in [-0.25, -0.2) is 9.78 Å². The summed E-state index contributed by atoms with van der Waals surface area (Å²) < 4.78 is 39.6. The number of anilines is 3. The molecule has 2 amide bonds. The monoisotopic (exact) mass is 468 g/mol. The van der Waals surface area contributed by atoms with Crippen LogP contribution >= 0.6 is 0 Å². The van der Waals surface area contributed by atoms with E-state index < -0.39 is 17.8 Å². The molecule has 1 N–H and O–H groups in total. The summed E-state index contributed by atoms with van der Waals surface area (Å²) in [4.78, 5) is 32.7. The van der Waals surface area contributed by atoms with Gasteiger partial charge in [-0.15, -0.1) is 0 Å². The van der Waals surface area contributed by atoms with E-state index in [-0.39, 0.29) is 5.78 Å². The third kappa shape index (κ3) is 4.88. The van der Waals surface area contributed by atoms with E-state index in [0.29, 0.717) is 53.5 Å². The maximum absolute atomic E-state index is 13.2. The van der Waals surface area contributed by atoms with Crippen molar-refractivity contribution in [3.05, 3.63) is 71.8 Å². The number of fused-ring (bicyclic) bond motifs is 1. The molecular weight excluding hydrogens is 445 g/mol. The summed E-state index contributed by atoms with van der Waals surface area (Å²) in [6.07, 6.45) is -3.78. The third-order valence-electron chi connectivity index (χ3n) is 5.67. The Labute approximate surface area is 195 Å². The second kappa shape index (κ2) is 9.17. The van der Waals surface area contributed by atoms with Crippen molar-refractivity contribution >= 4 is 29.0 Å². The number of amides is 2. The Morgan fingerprint density at radius 1 is 1.00 bits per heavy atom. The van der Waals surface area contributed by atoms with Crippen LogP contribution in [0.2, 0.25) is 0 Å². The molecule has 3 aromatic rings. The van der Waals surface area contributed by atoms with Crippen LogP contribution in [-0.4, -0.2) is 36.9 Å². The molecule has 0 bridgehead atoms. The Hall–Kier alpha value is -3.88. The van der Waals surface area contributed by atoms with Gasteiger partial charge in [-0.3, -0.25) is 9.69 Å². The lowest BCUT2D eigenvalue weighted by Crippen LogP contribution is -2.36. The zero-order valence-corrected chi connectivity index (χ0v) is 18.7. The molecule has 0 unspecified atom stereocenters. The van der Waals surface area contributed by atoms with E-state index in [1.807, 2.05) is 11.9 Å². The van der Waals surface area contributed by atoms with Gasteiger partial charge in [0.15, 0.2) is 11.6 Å². The highest BCUT2D eigenvalue weighted by atomic mass is 19.4. The summed E-state index contributed by atoms with van der Waals surface area (Å²) in [7, 11) is 1.88. The first-order valence-electron chi connectivity index (χ1n) is 10.7. The number of halogens is 3. The van der Waals surface area contributed by atoms with Gasteiger partial charge in [0.2, 0.25) is 0 Å². The Kier molecular flexibility index (Phi) is 6.28. The van der Waals surface area contributed by atoms with Crippen molar-refractivity contribution in [3.8, 4) is 11.3 Å². The molecule has 0 radical (unpaired) electrons. The van der Waals surface area contributed by atoms with Crippen molar-refractivity contribution < 1.29 is 22.8 Å². The second-order valence-electron chi connectivity index (χ2n) is 8.11. The molecule has 0 saturated heterocycles. The van der Waals surface area contributed by atoms with Gasteiger partial charge in [-0.1, -0.05) is 12.1 Å². The number of nitrogens with zero attached hydrogens (tertiary/aromatic N) is 3. The molecule has 6 nitrogen and oxygen atoms in total. The molecule has 0 fully saturated rings. The number of hydrogen-bond donors (Lipinski definition) is 1. The van der Waals surface area contributed by atoms with E-state index in [1.165, 1.54) is 17.9 Å². The molecule has 1 aliphatic rings. The molecule has 1 aliphatic heterocycles. The Morgan fingerprint density at radius 3 is 2.41 bits per heavy atom. The van der Waals surface area contributed by atoms with Crippen LogP contribution in [0.5, 0.6) is 0 Å². The van der Waals surface area contributed by atoms with Gasteiger partial charge in [0.1, 0.15) is 0 Å². The number of hydrogen-bond acceptors (Lipinski definition) is 4. The molecule has 0 saturated carbocycles. The second-order valence-corrected chi connectivity index (χ2v) is 8.11. The largest absolute Gasteiger partial charge is 0.416 e. The Bertz CT molecular complexity index is 1230. The summed E-state index contributed by atoms with van der Waals surface area (Å²) in [5.41, 5.74) is 1.64. The minimum Gasteiger partial charge on any atom is -0.372 e. The Balaban J connectivity index is 1.68.